The Bertz CT molecular complexity index is 328. The summed E-state index contributed by atoms with van der Waals surface area (Å²) in [5.41, 5.74) is -0.0749. The standard InChI is InChI=1S/C9H7F3Si/c1-6(13)7-3-2-4-8(5-7)9(10,11)12/h2-5H,1H3. The van der Waals surface area contributed by atoms with Crippen molar-refractivity contribution in [1.29, 1.82) is 0 Å². The number of hydrogen-bond acceptors (Lipinski definition) is 0. The summed E-state index contributed by atoms with van der Waals surface area (Å²) in [7, 11) is 3.18. The maximum absolute atomic E-state index is 12.2. The molecular weight excluding hydrogens is 193 g/mol. The monoisotopic (exact) mass is 200 g/mol. The van der Waals surface area contributed by atoms with Gasteiger partial charge in [-0.2, -0.15) is 13.2 Å². The minimum Gasteiger partial charge on any atom is -0.166 e. The molecule has 1 rings (SSSR count). The lowest BCUT2D eigenvalue weighted by Crippen LogP contribution is -2.06. The van der Waals surface area contributed by atoms with Crippen LogP contribution in [0.5, 0.6) is 0 Å². The van der Waals surface area contributed by atoms with Crippen molar-refractivity contribution in [3.8, 4) is 0 Å². The van der Waals surface area contributed by atoms with Gasteiger partial charge in [-0.15, -0.1) is 0 Å². The van der Waals surface area contributed by atoms with Crippen LogP contribution in [0.4, 0.5) is 13.2 Å². The number of benzene rings is 1. The Labute approximate surface area is 77.4 Å². The third kappa shape index (κ3) is 2.52. The molecule has 0 aliphatic heterocycles. The van der Waals surface area contributed by atoms with Gasteiger partial charge in [0.1, 0.15) is 0 Å². The van der Waals surface area contributed by atoms with Gasteiger partial charge < -0.3 is 0 Å². The second-order valence-corrected chi connectivity index (χ2v) is 3.45. The third-order valence-corrected chi connectivity index (χ3v) is 1.91. The van der Waals surface area contributed by atoms with Crippen molar-refractivity contribution in [2.45, 2.75) is 13.1 Å². The highest BCUT2D eigenvalue weighted by Crippen LogP contribution is 2.29. The molecule has 0 fully saturated rings. The predicted octanol–water partition coefficient (Wildman–Crippen LogP) is 2.41. The number of rotatable bonds is 1. The van der Waals surface area contributed by atoms with E-state index in [4.69, 9.17) is 0 Å². The Kier molecular flexibility index (Phi) is 2.70. The summed E-state index contributed by atoms with van der Waals surface area (Å²) in [4.78, 5) is 0. The van der Waals surface area contributed by atoms with Crippen LogP contribution in [0, 0.1) is 0 Å². The molecule has 0 aliphatic rings. The molecule has 0 aliphatic carbocycles. The lowest BCUT2D eigenvalue weighted by atomic mass is 10.1. The molecular formula is C9H7F3Si. The van der Waals surface area contributed by atoms with Crippen LogP contribution in [0.1, 0.15) is 18.1 Å². The summed E-state index contributed by atoms with van der Waals surface area (Å²) in [5, 5.41) is 0.686. The molecule has 0 unspecified atom stereocenters. The fourth-order valence-corrected chi connectivity index (χ4v) is 1.08. The summed E-state index contributed by atoms with van der Waals surface area (Å²) >= 11 is 0. The summed E-state index contributed by atoms with van der Waals surface area (Å²) in [6.45, 7) is 1.70. The average molecular weight is 200 g/mol. The van der Waals surface area contributed by atoms with Gasteiger partial charge in [0.2, 0.25) is 0 Å². The lowest BCUT2D eigenvalue weighted by Gasteiger charge is -2.08. The maximum Gasteiger partial charge on any atom is 0.416 e. The minimum atomic E-state index is -4.27. The fourth-order valence-electron chi connectivity index (χ4n) is 0.929. The normalized spacial score (nSPS) is 11.4. The van der Waals surface area contributed by atoms with E-state index in [1.54, 1.807) is 13.0 Å². The molecule has 4 heteroatoms. The largest absolute Gasteiger partial charge is 0.416 e. The molecule has 0 nitrogen and oxygen atoms in total. The zero-order chi connectivity index (χ0) is 10.1. The Morgan fingerprint density at radius 1 is 1.31 bits per heavy atom. The first-order valence-corrected chi connectivity index (χ1v) is 4.14. The van der Waals surface area contributed by atoms with Crippen LogP contribution in [0.25, 0.3) is 0 Å². The van der Waals surface area contributed by atoms with Crippen LogP contribution in [-0.4, -0.2) is 15.0 Å². The van der Waals surface area contributed by atoms with E-state index in [-0.39, 0.29) is 0 Å². The van der Waals surface area contributed by atoms with Crippen LogP contribution >= 0.6 is 0 Å². The number of halogens is 3. The van der Waals surface area contributed by atoms with Gasteiger partial charge in [-0.05, 0) is 24.6 Å². The molecule has 2 radical (unpaired) electrons. The van der Waals surface area contributed by atoms with Crippen molar-refractivity contribution in [3.63, 3.8) is 0 Å². The molecule has 1 aromatic rings. The van der Waals surface area contributed by atoms with E-state index in [0.717, 1.165) is 12.1 Å². The molecule has 0 saturated carbocycles. The Hall–Kier alpha value is -0.903. The average Bonchev–Trinajstić information content (AvgIpc) is 2.03. The quantitative estimate of drug-likeness (QED) is 0.611. The molecule has 0 spiro atoms. The molecule has 0 aromatic heterocycles. The van der Waals surface area contributed by atoms with Gasteiger partial charge in [-0.1, -0.05) is 17.3 Å². The first-order chi connectivity index (χ1) is 5.91. The SMILES string of the molecule is CC(=[Si])c1cccc(C(F)(F)F)c1. The van der Waals surface area contributed by atoms with Gasteiger partial charge in [0.05, 0.1) is 5.56 Å². The van der Waals surface area contributed by atoms with Crippen LogP contribution in [-0.2, 0) is 6.18 Å². The minimum absolute atomic E-state index is 0.548. The van der Waals surface area contributed by atoms with Crippen LogP contribution in [0.2, 0.25) is 0 Å². The highest BCUT2D eigenvalue weighted by atomic mass is 28.1. The summed E-state index contributed by atoms with van der Waals surface area (Å²) in [5.74, 6) is 0. The Morgan fingerprint density at radius 2 is 1.92 bits per heavy atom. The molecule has 0 N–H and O–H groups in total. The van der Waals surface area contributed by atoms with E-state index in [2.05, 4.69) is 9.85 Å². The highest BCUT2D eigenvalue weighted by molar-refractivity contribution is 6.42. The van der Waals surface area contributed by atoms with Crippen molar-refractivity contribution >= 4 is 15.0 Å². The fraction of sp³-hybridized carbons (Fsp3) is 0.222. The van der Waals surface area contributed by atoms with Gasteiger partial charge >= 0.3 is 6.18 Å². The molecule has 0 bridgehead atoms. The van der Waals surface area contributed by atoms with Crippen LogP contribution in [0.15, 0.2) is 24.3 Å². The first kappa shape index (κ1) is 10.2. The van der Waals surface area contributed by atoms with Gasteiger partial charge in [-0.3, -0.25) is 0 Å². The van der Waals surface area contributed by atoms with Crippen molar-refractivity contribution in [2.75, 3.05) is 0 Å². The van der Waals surface area contributed by atoms with Crippen LogP contribution < -0.4 is 0 Å². The first-order valence-electron chi connectivity index (χ1n) is 3.64. The smallest absolute Gasteiger partial charge is 0.166 e. The van der Waals surface area contributed by atoms with Crippen molar-refractivity contribution in [1.82, 2.24) is 0 Å². The summed E-state index contributed by atoms with van der Waals surface area (Å²) in [6, 6.07) is 5.18. The second-order valence-electron chi connectivity index (χ2n) is 2.70. The van der Waals surface area contributed by atoms with Gasteiger partial charge in [0.25, 0.3) is 0 Å². The maximum atomic E-state index is 12.2. The molecule has 68 valence electrons. The van der Waals surface area contributed by atoms with Gasteiger partial charge in [0, 0.05) is 9.85 Å². The van der Waals surface area contributed by atoms with E-state index < -0.39 is 11.7 Å². The Morgan fingerprint density at radius 3 is 2.38 bits per heavy atom. The van der Waals surface area contributed by atoms with Crippen LogP contribution in [0.3, 0.4) is 0 Å². The Balaban J connectivity index is 3.13. The van der Waals surface area contributed by atoms with Crippen molar-refractivity contribution in [3.05, 3.63) is 35.4 Å². The molecule has 1 aromatic carbocycles. The van der Waals surface area contributed by atoms with E-state index in [0.29, 0.717) is 10.7 Å². The zero-order valence-electron chi connectivity index (χ0n) is 6.94. The highest BCUT2D eigenvalue weighted by Gasteiger charge is 2.30. The molecule has 0 saturated heterocycles. The summed E-state index contributed by atoms with van der Waals surface area (Å²) in [6.07, 6.45) is -4.27. The molecule has 0 heterocycles. The van der Waals surface area contributed by atoms with E-state index in [1.165, 1.54) is 6.07 Å². The van der Waals surface area contributed by atoms with Crippen molar-refractivity contribution in [2.24, 2.45) is 0 Å². The van der Waals surface area contributed by atoms with Crippen molar-refractivity contribution < 1.29 is 13.2 Å². The van der Waals surface area contributed by atoms with E-state index in [9.17, 15) is 13.2 Å². The zero-order valence-corrected chi connectivity index (χ0v) is 7.94. The second kappa shape index (κ2) is 3.45. The van der Waals surface area contributed by atoms with E-state index >= 15 is 0 Å². The number of hydrogen-bond donors (Lipinski definition) is 0. The van der Waals surface area contributed by atoms with Gasteiger partial charge in [-0.25, -0.2) is 0 Å². The summed E-state index contributed by atoms with van der Waals surface area (Å²) < 4.78 is 36.6. The third-order valence-electron chi connectivity index (χ3n) is 1.62. The molecule has 13 heavy (non-hydrogen) atoms. The van der Waals surface area contributed by atoms with E-state index in [1.807, 2.05) is 0 Å². The number of alkyl halides is 3. The molecule has 0 amide bonds. The molecule has 0 atom stereocenters. The lowest BCUT2D eigenvalue weighted by molar-refractivity contribution is -0.137. The van der Waals surface area contributed by atoms with Gasteiger partial charge in [0.15, 0.2) is 0 Å². The topological polar surface area (TPSA) is 0 Å². The predicted molar refractivity (Wildman–Crippen MR) is 47.0 cm³/mol.